The highest BCUT2D eigenvalue weighted by Crippen LogP contribution is 2.20. The average molecular weight is 298 g/mol. The van der Waals surface area contributed by atoms with E-state index in [1.807, 2.05) is 24.3 Å². The lowest BCUT2D eigenvalue weighted by atomic mass is 10.1. The maximum Gasteiger partial charge on any atom is 0.319 e. The third-order valence-corrected chi connectivity index (χ3v) is 3.53. The van der Waals surface area contributed by atoms with Gasteiger partial charge in [-0.2, -0.15) is 0 Å². The quantitative estimate of drug-likeness (QED) is 0.801. The van der Waals surface area contributed by atoms with Gasteiger partial charge in [0.15, 0.2) is 0 Å². The van der Waals surface area contributed by atoms with Crippen LogP contribution >= 0.6 is 15.9 Å². The van der Waals surface area contributed by atoms with Crippen molar-refractivity contribution in [2.24, 2.45) is 5.92 Å². The van der Waals surface area contributed by atoms with Crippen LogP contribution in [0.15, 0.2) is 28.7 Å². The molecule has 2 amide bonds. The molecule has 2 rings (SSSR count). The number of hydrogen-bond acceptors (Lipinski definition) is 2. The fourth-order valence-corrected chi connectivity index (χ4v) is 2.24. The van der Waals surface area contributed by atoms with E-state index in [2.05, 4.69) is 31.9 Å². The number of hydrogen-bond donors (Lipinski definition) is 3. The van der Waals surface area contributed by atoms with Gasteiger partial charge >= 0.3 is 6.03 Å². The molecular weight excluding hydrogens is 282 g/mol. The summed E-state index contributed by atoms with van der Waals surface area (Å²) in [5.41, 5.74) is 0.787. The van der Waals surface area contributed by atoms with Crippen LogP contribution < -0.4 is 16.0 Å². The molecule has 1 aliphatic rings. The first-order chi connectivity index (χ1) is 8.25. The lowest BCUT2D eigenvalue weighted by molar-refractivity contribution is 0.250. The van der Waals surface area contributed by atoms with Crippen molar-refractivity contribution in [2.45, 2.75) is 6.42 Å². The molecule has 0 spiro atoms. The SMILES string of the molecule is O=C(NCC1CCNC1)Nc1ccccc1Br. The van der Waals surface area contributed by atoms with Crippen LogP contribution in [0.2, 0.25) is 0 Å². The van der Waals surface area contributed by atoms with Gasteiger partial charge in [-0.3, -0.25) is 0 Å². The van der Waals surface area contributed by atoms with Crippen molar-refractivity contribution in [1.29, 1.82) is 0 Å². The minimum Gasteiger partial charge on any atom is -0.338 e. The normalized spacial score (nSPS) is 19.0. The van der Waals surface area contributed by atoms with Crippen molar-refractivity contribution in [3.63, 3.8) is 0 Å². The summed E-state index contributed by atoms with van der Waals surface area (Å²) in [5, 5.41) is 8.98. The number of para-hydroxylation sites is 1. The summed E-state index contributed by atoms with van der Waals surface area (Å²) in [7, 11) is 0. The van der Waals surface area contributed by atoms with Gasteiger partial charge in [0, 0.05) is 11.0 Å². The molecule has 1 aromatic rings. The summed E-state index contributed by atoms with van der Waals surface area (Å²) in [6.45, 7) is 2.77. The zero-order valence-electron chi connectivity index (χ0n) is 9.50. The highest BCUT2D eigenvalue weighted by atomic mass is 79.9. The van der Waals surface area contributed by atoms with E-state index in [1.54, 1.807) is 0 Å². The molecule has 1 saturated heterocycles. The van der Waals surface area contributed by atoms with Gasteiger partial charge in [-0.1, -0.05) is 12.1 Å². The number of carbonyl (C=O) groups is 1. The molecule has 1 aromatic carbocycles. The van der Waals surface area contributed by atoms with Crippen LogP contribution in [0.4, 0.5) is 10.5 Å². The van der Waals surface area contributed by atoms with Gasteiger partial charge in [0.2, 0.25) is 0 Å². The van der Waals surface area contributed by atoms with Crippen LogP contribution in [0.25, 0.3) is 0 Å². The van der Waals surface area contributed by atoms with E-state index in [4.69, 9.17) is 0 Å². The summed E-state index contributed by atoms with van der Waals surface area (Å²) in [4.78, 5) is 11.7. The molecule has 1 heterocycles. The summed E-state index contributed by atoms with van der Waals surface area (Å²) in [6.07, 6.45) is 1.13. The van der Waals surface area contributed by atoms with Crippen LogP contribution in [-0.2, 0) is 0 Å². The first-order valence-electron chi connectivity index (χ1n) is 5.76. The highest BCUT2D eigenvalue weighted by molar-refractivity contribution is 9.10. The molecule has 0 bridgehead atoms. The first kappa shape index (κ1) is 12.4. The van der Waals surface area contributed by atoms with Gasteiger partial charge < -0.3 is 16.0 Å². The summed E-state index contributed by atoms with van der Waals surface area (Å²) < 4.78 is 0.887. The van der Waals surface area contributed by atoms with E-state index >= 15 is 0 Å². The monoisotopic (exact) mass is 297 g/mol. The molecule has 1 aliphatic heterocycles. The Morgan fingerprint density at radius 2 is 2.29 bits per heavy atom. The molecule has 0 aliphatic carbocycles. The summed E-state index contributed by atoms with van der Waals surface area (Å²) in [6, 6.07) is 7.42. The highest BCUT2D eigenvalue weighted by Gasteiger charge is 2.15. The number of benzene rings is 1. The maximum atomic E-state index is 11.7. The van der Waals surface area contributed by atoms with Gasteiger partial charge in [0.05, 0.1) is 5.69 Å². The Kier molecular flexibility index (Phi) is 4.39. The predicted molar refractivity (Wildman–Crippen MR) is 72.1 cm³/mol. The van der Waals surface area contributed by atoms with Gasteiger partial charge in [-0.15, -0.1) is 0 Å². The predicted octanol–water partition coefficient (Wildman–Crippen LogP) is 2.18. The third-order valence-electron chi connectivity index (χ3n) is 2.84. The maximum absolute atomic E-state index is 11.7. The van der Waals surface area contributed by atoms with Crippen LogP contribution in [-0.4, -0.2) is 25.7 Å². The van der Waals surface area contributed by atoms with E-state index in [0.717, 1.165) is 36.2 Å². The van der Waals surface area contributed by atoms with E-state index in [1.165, 1.54) is 0 Å². The summed E-state index contributed by atoms with van der Waals surface area (Å²) in [5.74, 6) is 0.556. The Balaban J connectivity index is 1.79. The molecule has 17 heavy (non-hydrogen) atoms. The number of anilines is 1. The van der Waals surface area contributed by atoms with Crippen LogP contribution in [0, 0.1) is 5.92 Å². The molecule has 1 atom stereocenters. The molecule has 0 aromatic heterocycles. The second-order valence-corrected chi connectivity index (χ2v) is 5.03. The molecule has 3 N–H and O–H groups in total. The van der Waals surface area contributed by atoms with Gasteiger partial charge in [0.25, 0.3) is 0 Å². The van der Waals surface area contributed by atoms with Gasteiger partial charge in [0.1, 0.15) is 0 Å². The number of nitrogens with one attached hydrogen (secondary N) is 3. The zero-order chi connectivity index (χ0) is 12.1. The van der Waals surface area contributed by atoms with Crippen molar-refractivity contribution in [3.8, 4) is 0 Å². The van der Waals surface area contributed by atoms with E-state index in [0.29, 0.717) is 5.92 Å². The van der Waals surface area contributed by atoms with Crippen molar-refractivity contribution < 1.29 is 4.79 Å². The number of amides is 2. The Morgan fingerprint density at radius 1 is 1.47 bits per heavy atom. The van der Waals surface area contributed by atoms with Crippen molar-refractivity contribution in [1.82, 2.24) is 10.6 Å². The lowest BCUT2D eigenvalue weighted by Crippen LogP contribution is -2.33. The molecule has 1 fully saturated rings. The van der Waals surface area contributed by atoms with Crippen molar-refractivity contribution in [3.05, 3.63) is 28.7 Å². The molecule has 1 unspecified atom stereocenters. The molecule has 4 nitrogen and oxygen atoms in total. The summed E-state index contributed by atoms with van der Waals surface area (Å²) >= 11 is 3.39. The number of halogens is 1. The fraction of sp³-hybridized carbons (Fsp3) is 0.417. The number of urea groups is 1. The van der Waals surface area contributed by atoms with E-state index < -0.39 is 0 Å². The lowest BCUT2D eigenvalue weighted by Gasteiger charge is -2.11. The van der Waals surface area contributed by atoms with E-state index in [-0.39, 0.29) is 6.03 Å². The average Bonchev–Trinajstić information content (AvgIpc) is 2.82. The Hall–Kier alpha value is -1.07. The topological polar surface area (TPSA) is 53.2 Å². The number of carbonyl (C=O) groups excluding carboxylic acids is 1. The third kappa shape index (κ3) is 3.71. The van der Waals surface area contributed by atoms with Gasteiger partial charge in [-0.05, 0) is 53.5 Å². The van der Waals surface area contributed by atoms with Crippen molar-refractivity contribution >= 4 is 27.6 Å². The van der Waals surface area contributed by atoms with E-state index in [9.17, 15) is 4.79 Å². The zero-order valence-corrected chi connectivity index (χ0v) is 11.1. The number of rotatable bonds is 3. The van der Waals surface area contributed by atoms with Crippen LogP contribution in [0.3, 0.4) is 0 Å². The molecule has 0 radical (unpaired) electrons. The Labute approximate surface area is 109 Å². The molecule has 5 heteroatoms. The van der Waals surface area contributed by atoms with Crippen LogP contribution in [0.1, 0.15) is 6.42 Å². The largest absolute Gasteiger partial charge is 0.338 e. The Bertz CT molecular complexity index is 391. The smallest absolute Gasteiger partial charge is 0.319 e. The fourth-order valence-electron chi connectivity index (χ4n) is 1.85. The second kappa shape index (κ2) is 6.02. The second-order valence-electron chi connectivity index (χ2n) is 4.17. The molecular formula is C12H16BrN3O. The molecule has 92 valence electrons. The minimum absolute atomic E-state index is 0.149. The molecule has 0 saturated carbocycles. The van der Waals surface area contributed by atoms with Crippen LogP contribution in [0.5, 0.6) is 0 Å². The van der Waals surface area contributed by atoms with Gasteiger partial charge in [-0.25, -0.2) is 4.79 Å². The standard InChI is InChI=1S/C12H16BrN3O/c13-10-3-1-2-4-11(10)16-12(17)15-8-9-5-6-14-7-9/h1-4,9,14H,5-8H2,(H2,15,16,17). The van der Waals surface area contributed by atoms with Crippen molar-refractivity contribution in [2.75, 3.05) is 25.0 Å². The minimum atomic E-state index is -0.149. The Morgan fingerprint density at radius 3 is 3.00 bits per heavy atom. The first-order valence-corrected chi connectivity index (χ1v) is 6.55.